The number of rotatable bonds is 7. The van der Waals surface area contributed by atoms with Crippen LogP contribution in [0.1, 0.15) is 23.6 Å². The summed E-state index contributed by atoms with van der Waals surface area (Å²) in [6.45, 7) is 8.40. The van der Waals surface area contributed by atoms with E-state index in [1.54, 1.807) is 6.08 Å². The Bertz CT molecular complexity index is 838. The van der Waals surface area contributed by atoms with Crippen molar-refractivity contribution in [2.45, 2.75) is 20.8 Å². The average Bonchev–Trinajstić information content (AvgIpc) is 2.66. The van der Waals surface area contributed by atoms with Crippen LogP contribution in [0.4, 0.5) is 5.69 Å². The molecular formula is C22H23N3O. The molecule has 0 aliphatic carbocycles. The zero-order valence-corrected chi connectivity index (χ0v) is 15.5. The van der Waals surface area contributed by atoms with E-state index in [0.717, 1.165) is 35.7 Å². The molecule has 2 aromatic rings. The molecule has 0 bridgehead atoms. The van der Waals surface area contributed by atoms with E-state index in [9.17, 15) is 0 Å². The van der Waals surface area contributed by atoms with E-state index in [1.165, 1.54) is 5.56 Å². The quantitative estimate of drug-likeness (QED) is 0.686. The van der Waals surface area contributed by atoms with Crippen LogP contribution >= 0.6 is 0 Å². The zero-order valence-electron chi connectivity index (χ0n) is 15.5. The first-order valence-corrected chi connectivity index (χ1v) is 8.64. The van der Waals surface area contributed by atoms with Gasteiger partial charge in [-0.3, -0.25) is 0 Å². The summed E-state index contributed by atoms with van der Waals surface area (Å²) in [7, 11) is 0. The van der Waals surface area contributed by atoms with Crippen molar-refractivity contribution in [3.63, 3.8) is 0 Å². The van der Waals surface area contributed by atoms with E-state index < -0.39 is 0 Å². The van der Waals surface area contributed by atoms with E-state index in [1.807, 2.05) is 55.5 Å². The predicted octanol–water partition coefficient (Wildman–Crippen LogP) is 4.64. The molecule has 0 aliphatic heterocycles. The van der Waals surface area contributed by atoms with Crippen molar-refractivity contribution in [3.8, 4) is 17.9 Å². The summed E-state index contributed by atoms with van der Waals surface area (Å²) < 4.78 is 5.83. The maximum absolute atomic E-state index is 8.90. The Morgan fingerprint density at radius 2 is 1.77 bits per heavy atom. The Morgan fingerprint density at radius 3 is 2.35 bits per heavy atom. The van der Waals surface area contributed by atoms with Crippen LogP contribution in [0.5, 0.6) is 5.75 Å². The van der Waals surface area contributed by atoms with Crippen molar-refractivity contribution in [1.82, 2.24) is 0 Å². The van der Waals surface area contributed by atoms with Gasteiger partial charge in [-0.1, -0.05) is 23.8 Å². The number of anilines is 1. The monoisotopic (exact) mass is 345 g/mol. The van der Waals surface area contributed by atoms with Crippen LogP contribution in [0.3, 0.4) is 0 Å². The number of hydrogen-bond acceptors (Lipinski definition) is 4. The first-order chi connectivity index (χ1) is 12.6. The molecule has 26 heavy (non-hydrogen) atoms. The minimum Gasteiger partial charge on any atom is -0.492 e. The van der Waals surface area contributed by atoms with Gasteiger partial charge in [-0.2, -0.15) is 10.5 Å². The van der Waals surface area contributed by atoms with Crippen molar-refractivity contribution in [2.24, 2.45) is 0 Å². The van der Waals surface area contributed by atoms with Crippen LogP contribution in [-0.2, 0) is 0 Å². The molecule has 0 saturated heterocycles. The molecule has 0 heterocycles. The van der Waals surface area contributed by atoms with Crippen molar-refractivity contribution in [2.75, 3.05) is 24.6 Å². The second-order valence-corrected chi connectivity index (χ2v) is 6.06. The number of hydrogen-bond donors (Lipinski definition) is 0. The SMILES string of the molecule is CCN(CCOc1ccc(C)cc1)c1ccc(C=C(C#N)C#N)c(C)c1. The number of nitrogens with zero attached hydrogens (tertiary/aromatic N) is 3. The lowest BCUT2D eigenvalue weighted by atomic mass is 10.0. The Morgan fingerprint density at radius 1 is 1.08 bits per heavy atom. The largest absolute Gasteiger partial charge is 0.492 e. The Hall–Kier alpha value is -3.24. The lowest BCUT2D eigenvalue weighted by Crippen LogP contribution is -2.28. The lowest BCUT2D eigenvalue weighted by molar-refractivity contribution is 0.324. The molecule has 4 heteroatoms. The number of allylic oxidation sites excluding steroid dienone is 1. The highest BCUT2D eigenvalue weighted by atomic mass is 16.5. The summed E-state index contributed by atoms with van der Waals surface area (Å²) in [6.07, 6.45) is 1.62. The third kappa shape index (κ3) is 5.13. The number of nitriles is 2. The van der Waals surface area contributed by atoms with Crippen LogP contribution in [0.25, 0.3) is 6.08 Å². The third-order valence-electron chi connectivity index (χ3n) is 4.19. The van der Waals surface area contributed by atoms with Gasteiger partial charge in [0, 0.05) is 12.2 Å². The maximum Gasteiger partial charge on any atom is 0.130 e. The van der Waals surface area contributed by atoms with Crippen LogP contribution in [0, 0.1) is 36.5 Å². The molecule has 0 unspecified atom stereocenters. The van der Waals surface area contributed by atoms with Gasteiger partial charge in [0.15, 0.2) is 0 Å². The van der Waals surface area contributed by atoms with Crippen LogP contribution < -0.4 is 9.64 Å². The molecule has 0 spiro atoms. The second-order valence-electron chi connectivity index (χ2n) is 6.06. The Balaban J connectivity index is 2.04. The summed E-state index contributed by atoms with van der Waals surface area (Å²) >= 11 is 0. The fourth-order valence-electron chi connectivity index (χ4n) is 2.64. The standard InChI is InChI=1S/C22H23N3O/c1-4-25(11-12-26-22-9-5-17(2)6-10-22)21-8-7-20(18(3)13-21)14-19(15-23)16-24/h5-10,13-14H,4,11-12H2,1-3H3. The number of benzene rings is 2. The number of likely N-dealkylation sites (N-methyl/N-ethyl adjacent to an activating group) is 1. The minimum atomic E-state index is 0.111. The molecule has 0 aliphatic rings. The molecule has 0 radical (unpaired) electrons. The molecule has 2 rings (SSSR count). The van der Waals surface area contributed by atoms with Gasteiger partial charge in [0.2, 0.25) is 0 Å². The first kappa shape index (κ1) is 19.1. The van der Waals surface area contributed by atoms with E-state index in [4.69, 9.17) is 15.3 Å². The van der Waals surface area contributed by atoms with Crippen LogP contribution in [0.2, 0.25) is 0 Å². The molecule has 2 aromatic carbocycles. The molecule has 0 aromatic heterocycles. The molecule has 0 fully saturated rings. The molecule has 0 saturated carbocycles. The molecule has 0 N–H and O–H groups in total. The smallest absolute Gasteiger partial charge is 0.130 e. The molecule has 0 amide bonds. The average molecular weight is 345 g/mol. The molecular weight excluding hydrogens is 322 g/mol. The third-order valence-corrected chi connectivity index (χ3v) is 4.19. The zero-order chi connectivity index (χ0) is 18.9. The topological polar surface area (TPSA) is 60.0 Å². The van der Waals surface area contributed by atoms with Gasteiger partial charge in [-0.25, -0.2) is 0 Å². The highest BCUT2D eigenvalue weighted by Crippen LogP contribution is 2.21. The van der Waals surface area contributed by atoms with Crippen molar-refractivity contribution < 1.29 is 4.74 Å². The van der Waals surface area contributed by atoms with Gasteiger partial charge >= 0.3 is 0 Å². The van der Waals surface area contributed by atoms with E-state index in [-0.39, 0.29) is 5.57 Å². The summed E-state index contributed by atoms with van der Waals surface area (Å²) in [5.74, 6) is 0.879. The minimum absolute atomic E-state index is 0.111. The molecule has 4 nitrogen and oxygen atoms in total. The van der Waals surface area contributed by atoms with Crippen LogP contribution in [0.15, 0.2) is 48.0 Å². The highest BCUT2D eigenvalue weighted by Gasteiger charge is 2.07. The van der Waals surface area contributed by atoms with Crippen molar-refractivity contribution in [1.29, 1.82) is 10.5 Å². The summed E-state index contributed by atoms with van der Waals surface area (Å²) in [6, 6.07) is 17.9. The van der Waals surface area contributed by atoms with Gasteiger partial charge in [0.05, 0.1) is 6.54 Å². The van der Waals surface area contributed by atoms with Crippen molar-refractivity contribution >= 4 is 11.8 Å². The summed E-state index contributed by atoms with van der Waals surface area (Å²) in [5, 5.41) is 17.8. The van der Waals surface area contributed by atoms with Gasteiger partial charge in [0.1, 0.15) is 30.1 Å². The summed E-state index contributed by atoms with van der Waals surface area (Å²) in [5.41, 5.74) is 4.35. The lowest BCUT2D eigenvalue weighted by Gasteiger charge is -2.24. The Kier molecular flexibility index (Phi) is 6.83. The molecule has 132 valence electrons. The Labute approximate surface area is 155 Å². The van der Waals surface area contributed by atoms with E-state index in [0.29, 0.717) is 6.61 Å². The van der Waals surface area contributed by atoms with Gasteiger partial charge in [-0.15, -0.1) is 0 Å². The van der Waals surface area contributed by atoms with Crippen molar-refractivity contribution in [3.05, 3.63) is 64.7 Å². The van der Waals surface area contributed by atoms with E-state index in [2.05, 4.69) is 24.8 Å². The molecule has 0 atom stereocenters. The van der Waals surface area contributed by atoms with E-state index >= 15 is 0 Å². The number of ether oxygens (including phenoxy) is 1. The van der Waals surface area contributed by atoms with Gasteiger partial charge < -0.3 is 9.64 Å². The predicted molar refractivity (Wildman–Crippen MR) is 105 cm³/mol. The fraction of sp³-hybridized carbons (Fsp3) is 0.273. The normalized spacial score (nSPS) is 9.73. The highest BCUT2D eigenvalue weighted by molar-refractivity contribution is 5.66. The number of aryl methyl sites for hydroxylation is 2. The van der Waals surface area contributed by atoms with Gasteiger partial charge in [0.25, 0.3) is 0 Å². The fourth-order valence-corrected chi connectivity index (χ4v) is 2.64. The summed E-state index contributed by atoms with van der Waals surface area (Å²) in [4.78, 5) is 2.24. The first-order valence-electron chi connectivity index (χ1n) is 8.64. The van der Waals surface area contributed by atoms with Gasteiger partial charge in [-0.05, 0) is 62.2 Å². The van der Waals surface area contributed by atoms with Crippen LogP contribution in [-0.4, -0.2) is 19.7 Å². The second kappa shape index (κ2) is 9.30. The maximum atomic E-state index is 8.90.